The van der Waals surface area contributed by atoms with E-state index in [4.69, 9.17) is 11.1 Å². The average molecular weight is 510 g/mol. The molecule has 0 saturated carbocycles. The summed E-state index contributed by atoms with van der Waals surface area (Å²) < 4.78 is 0. The second-order valence-corrected chi connectivity index (χ2v) is 9.71. The molecule has 1 fully saturated rings. The van der Waals surface area contributed by atoms with Crippen molar-refractivity contribution in [1.29, 1.82) is 5.41 Å². The summed E-state index contributed by atoms with van der Waals surface area (Å²) in [7, 11) is 2.06. The zero-order chi connectivity index (χ0) is 27.2. The summed E-state index contributed by atoms with van der Waals surface area (Å²) in [6, 6.07) is 6.68. The summed E-state index contributed by atoms with van der Waals surface area (Å²) in [6.45, 7) is 15.4. The minimum atomic E-state index is 0.0409. The first-order valence-electron chi connectivity index (χ1n) is 13.6. The van der Waals surface area contributed by atoms with Crippen molar-refractivity contribution >= 4 is 23.8 Å². The van der Waals surface area contributed by atoms with Crippen LogP contribution in [0.1, 0.15) is 63.1 Å². The topological polar surface area (TPSA) is 101 Å². The summed E-state index contributed by atoms with van der Waals surface area (Å²) in [5.74, 6) is 0.389. The number of benzene rings is 1. The molecule has 204 valence electrons. The smallest absolute Gasteiger partial charge is 0.246 e. The molecule has 0 unspecified atom stereocenters. The zero-order valence-corrected chi connectivity index (χ0v) is 23.4. The van der Waals surface area contributed by atoms with Crippen LogP contribution in [0.2, 0.25) is 0 Å². The fraction of sp³-hybridized carbons (Fsp3) is 0.552. The molecule has 1 aromatic rings. The molecule has 0 bridgehead atoms. The van der Waals surface area contributed by atoms with E-state index in [0.29, 0.717) is 5.84 Å². The van der Waals surface area contributed by atoms with E-state index in [0.717, 1.165) is 81.7 Å². The zero-order valence-electron chi connectivity index (χ0n) is 23.4. The van der Waals surface area contributed by atoms with Gasteiger partial charge >= 0.3 is 0 Å². The normalized spacial score (nSPS) is 15.5. The molecule has 1 saturated heterocycles. The number of nitrogens with one attached hydrogen (secondary N) is 2. The van der Waals surface area contributed by atoms with Gasteiger partial charge in [0.15, 0.2) is 0 Å². The van der Waals surface area contributed by atoms with Crippen LogP contribution in [0.4, 0.5) is 0 Å². The van der Waals surface area contributed by atoms with Gasteiger partial charge in [-0.1, -0.05) is 39.3 Å². The van der Waals surface area contributed by atoms with E-state index in [2.05, 4.69) is 66.0 Å². The number of amidine groups is 1. The van der Waals surface area contributed by atoms with E-state index >= 15 is 0 Å². The van der Waals surface area contributed by atoms with Gasteiger partial charge < -0.3 is 16.1 Å². The van der Waals surface area contributed by atoms with E-state index in [1.54, 1.807) is 0 Å². The lowest BCUT2D eigenvalue weighted by Crippen LogP contribution is -2.48. The van der Waals surface area contributed by atoms with Gasteiger partial charge in [0.2, 0.25) is 5.91 Å². The molecule has 37 heavy (non-hydrogen) atoms. The number of nitrogens with zero attached hydrogens (tertiary/aromatic N) is 4. The molecule has 2 rings (SSSR count). The van der Waals surface area contributed by atoms with Crippen LogP contribution in [-0.2, 0) is 17.6 Å². The van der Waals surface area contributed by atoms with Crippen molar-refractivity contribution < 1.29 is 4.79 Å². The molecule has 0 aliphatic carbocycles. The fourth-order valence-corrected chi connectivity index (χ4v) is 4.58. The molecule has 0 aromatic heterocycles. The van der Waals surface area contributed by atoms with E-state index in [1.165, 1.54) is 36.5 Å². The number of carbonyl (C=O) groups is 1. The molecule has 8 heteroatoms. The van der Waals surface area contributed by atoms with Gasteiger partial charge in [0.05, 0.1) is 5.70 Å². The Kier molecular flexibility index (Phi) is 13.1. The van der Waals surface area contributed by atoms with Crippen LogP contribution < -0.4 is 11.2 Å². The van der Waals surface area contributed by atoms with Gasteiger partial charge in [-0.2, -0.15) is 0 Å². The predicted octanol–water partition coefficient (Wildman–Crippen LogP) is 3.83. The summed E-state index contributed by atoms with van der Waals surface area (Å²) in [6.07, 6.45) is 8.96. The van der Waals surface area contributed by atoms with Gasteiger partial charge in [-0.05, 0) is 74.1 Å². The number of amides is 1. The predicted molar refractivity (Wildman–Crippen MR) is 156 cm³/mol. The molecular formula is C29H47N7O. The van der Waals surface area contributed by atoms with Crippen molar-refractivity contribution in [2.24, 2.45) is 10.7 Å². The number of rotatable bonds is 15. The molecule has 8 nitrogen and oxygen atoms in total. The van der Waals surface area contributed by atoms with Gasteiger partial charge in [0, 0.05) is 45.3 Å². The maximum absolute atomic E-state index is 11.7. The highest BCUT2D eigenvalue weighted by Crippen LogP contribution is 2.22. The molecule has 1 amide bonds. The molecule has 1 heterocycles. The van der Waals surface area contributed by atoms with E-state index in [1.807, 2.05) is 11.8 Å². The molecule has 1 aromatic carbocycles. The third-order valence-electron chi connectivity index (χ3n) is 7.00. The minimum Gasteiger partial charge on any atom is -0.383 e. The Morgan fingerprint density at radius 3 is 2.30 bits per heavy atom. The van der Waals surface area contributed by atoms with E-state index in [-0.39, 0.29) is 5.91 Å². The molecular weight excluding hydrogens is 462 g/mol. The van der Waals surface area contributed by atoms with Gasteiger partial charge in [0.25, 0.3) is 0 Å². The second kappa shape index (κ2) is 16.0. The second-order valence-electron chi connectivity index (χ2n) is 9.71. The van der Waals surface area contributed by atoms with Crippen molar-refractivity contribution in [3.05, 3.63) is 53.1 Å². The van der Waals surface area contributed by atoms with Crippen LogP contribution in [0.15, 0.2) is 41.4 Å². The molecule has 0 spiro atoms. The highest BCUT2D eigenvalue weighted by atomic mass is 16.2. The summed E-state index contributed by atoms with van der Waals surface area (Å²) in [5.41, 5.74) is 15.2. The Hall–Kier alpha value is -2.97. The molecule has 0 radical (unpaired) electrons. The first-order valence-corrected chi connectivity index (χ1v) is 13.6. The number of carbonyl (C=O) groups excluding carboxylic acids is 1. The number of aryl methyl sites for hydroxylation is 2. The average Bonchev–Trinajstić information content (AvgIpc) is 2.92. The molecule has 1 aliphatic rings. The van der Waals surface area contributed by atoms with Crippen molar-refractivity contribution in [1.82, 2.24) is 20.2 Å². The van der Waals surface area contributed by atoms with Crippen LogP contribution in [0.5, 0.6) is 0 Å². The number of piperazine rings is 1. The van der Waals surface area contributed by atoms with Crippen molar-refractivity contribution in [2.75, 3.05) is 46.3 Å². The van der Waals surface area contributed by atoms with E-state index in [9.17, 15) is 4.79 Å². The number of unbranched alkanes of at least 4 members (excludes halogenated alkanes) is 3. The Morgan fingerprint density at radius 2 is 1.73 bits per heavy atom. The maximum atomic E-state index is 11.7. The van der Waals surface area contributed by atoms with Crippen LogP contribution in [0.3, 0.4) is 0 Å². The number of hydrazine groups is 1. The van der Waals surface area contributed by atoms with Crippen molar-refractivity contribution in [2.45, 2.75) is 59.3 Å². The van der Waals surface area contributed by atoms with Crippen LogP contribution in [-0.4, -0.2) is 79.2 Å². The van der Waals surface area contributed by atoms with Crippen LogP contribution in [0, 0.1) is 5.41 Å². The quantitative estimate of drug-likeness (QED) is 0.110. The standard InChI is InChI=1S/C29H47N7O/c1-6-24-19-25(7-2)21-26(20-24)28(23(4)29(31)32-22-30)33-34(5)13-11-9-10-12-14-35-15-17-36(18-16-35)27(37)8-3/h8,19-22,33H,3,6-7,9-18H2,1-2,4-5H3,(H3,30,31,32). The third-order valence-corrected chi connectivity index (χ3v) is 7.00. The monoisotopic (exact) mass is 509 g/mol. The summed E-state index contributed by atoms with van der Waals surface area (Å²) in [4.78, 5) is 20.1. The van der Waals surface area contributed by atoms with Gasteiger partial charge in [-0.25, -0.2) is 10.0 Å². The number of hydrogen-bond donors (Lipinski definition) is 3. The maximum Gasteiger partial charge on any atom is 0.246 e. The summed E-state index contributed by atoms with van der Waals surface area (Å²) in [5, 5.41) is 9.44. The van der Waals surface area contributed by atoms with E-state index < -0.39 is 0 Å². The molecule has 4 N–H and O–H groups in total. The first-order chi connectivity index (χ1) is 17.8. The summed E-state index contributed by atoms with van der Waals surface area (Å²) >= 11 is 0. The Bertz CT molecular complexity index is 939. The van der Waals surface area contributed by atoms with Gasteiger partial charge in [0.1, 0.15) is 12.2 Å². The van der Waals surface area contributed by atoms with Crippen LogP contribution >= 0.6 is 0 Å². The molecule has 1 aliphatic heterocycles. The number of hydrogen-bond acceptors (Lipinski definition) is 5. The highest BCUT2D eigenvalue weighted by Gasteiger charge is 2.18. The lowest BCUT2D eigenvalue weighted by Gasteiger charge is -2.34. The van der Waals surface area contributed by atoms with Gasteiger partial charge in [-0.15, -0.1) is 0 Å². The number of nitrogens with two attached hydrogens (primary N) is 1. The Labute approximate surface area is 223 Å². The van der Waals surface area contributed by atoms with Crippen LogP contribution in [0.25, 0.3) is 5.70 Å². The van der Waals surface area contributed by atoms with Crippen molar-refractivity contribution in [3.63, 3.8) is 0 Å². The fourth-order valence-electron chi connectivity index (χ4n) is 4.58. The molecule has 0 atom stereocenters. The number of aliphatic imine (C=N–C) groups is 1. The lowest BCUT2D eigenvalue weighted by atomic mass is 9.98. The largest absolute Gasteiger partial charge is 0.383 e. The minimum absolute atomic E-state index is 0.0409. The van der Waals surface area contributed by atoms with Gasteiger partial charge in [-0.3, -0.25) is 15.1 Å². The van der Waals surface area contributed by atoms with Crippen molar-refractivity contribution in [3.8, 4) is 0 Å². The first kappa shape index (κ1) is 30.3. The third kappa shape index (κ3) is 9.78. The Morgan fingerprint density at radius 1 is 1.11 bits per heavy atom. The lowest BCUT2D eigenvalue weighted by molar-refractivity contribution is -0.127. The Balaban J connectivity index is 1.88. The highest BCUT2D eigenvalue weighted by molar-refractivity contribution is 6.05. The SMILES string of the molecule is C=CC(=O)N1CCN(CCCCCCN(C)NC(=C(C)C(N)=NC=N)c2cc(CC)cc(CC)c2)CC1.